The van der Waals surface area contributed by atoms with Crippen molar-refractivity contribution in [3.05, 3.63) is 41.5 Å². The van der Waals surface area contributed by atoms with Crippen molar-refractivity contribution in [2.24, 2.45) is 57.7 Å². The van der Waals surface area contributed by atoms with Crippen molar-refractivity contribution in [2.45, 2.75) is 98.8 Å². The van der Waals surface area contributed by atoms with Crippen LogP contribution in [0.3, 0.4) is 0 Å². The van der Waals surface area contributed by atoms with Crippen molar-refractivity contribution in [1.82, 2.24) is 0 Å². The minimum Gasteiger partial charge on any atom is -0.481 e. The predicted octanol–water partition coefficient (Wildman–Crippen LogP) is 8.68. The minimum atomic E-state index is -0.496. The molecule has 0 aromatic heterocycles. The van der Waals surface area contributed by atoms with E-state index in [1.54, 1.807) is 0 Å². The highest BCUT2D eigenvalue weighted by atomic mass is 16.4. The second kappa shape index (κ2) is 9.07. The van der Waals surface area contributed by atoms with Crippen LogP contribution in [0.2, 0.25) is 0 Å². The Morgan fingerprint density at radius 1 is 0.842 bits per heavy atom. The number of carboxylic acid groups (broad SMARTS) is 1. The van der Waals surface area contributed by atoms with Gasteiger partial charge in [0.1, 0.15) is 0 Å². The highest BCUT2D eigenvalue weighted by Crippen LogP contribution is 2.69. The smallest absolute Gasteiger partial charge is 0.309 e. The molecule has 0 radical (unpaired) electrons. The zero-order valence-electron chi connectivity index (χ0n) is 24.3. The summed E-state index contributed by atoms with van der Waals surface area (Å²) >= 11 is 0. The molecular formula is C35H48O3. The Morgan fingerprint density at radius 3 is 2.21 bits per heavy atom. The Balaban J connectivity index is 1.27. The molecule has 3 heteroatoms. The van der Waals surface area contributed by atoms with Gasteiger partial charge >= 0.3 is 5.97 Å². The van der Waals surface area contributed by atoms with Crippen molar-refractivity contribution in [1.29, 1.82) is 0 Å². The summed E-state index contributed by atoms with van der Waals surface area (Å²) in [5.74, 6) is 3.72. The average Bonchev–Trinajstić information content (AvgIpc) is 3.34. The Bertz CT molecular complexity index is 1140. The van der Waals surface area contributed by atoms with Gasteiger partial charge in [-0.1, -0.05) is 71.4 Å². The molecular weight excluding hydrogens is 468 g/mol. The van der Waals surface area contributed by atoms with Gasteiger partial charge in [0, 0.05) is 11.5 Å². The first kappa shape index (κ1) is 26.3. The van der Waals surface area contributed by atoms with Crippen LogP contribution in [0.4, 0.5) is 0 Å². The number of hydrogen-bond acceptors (Lipinski definition) is 2. The van der Waals surface area contributed by atoms with E-state index in [1.165, 1.54) is 36.8 Å². The van der Waals surface area contributed by atoms with Gasteiger partial charge in [0.05, 0.1) is 5.41 Å². The van der Waals surface area contributed by atoms with Crippen LogP contribution in [0.15, 0.2) is 30.3 Å². The van der Waals surface area contributed by atoms with Crippen molar-refractivity contribution >= 4 is 17.3 Å². The maximum atomic E-state index is 12.5. The SMILES string of the molecule is CC(C)C(=O)c1ccc(C2=CC[C@]3(C)C4CCC5C(CC[C@@]6(C(=O)O)CCCC56)C4CCC3C2(C)C)cc1. The Morgan fingerprint density at radius 2 is 1.53 bits per heavy atom. The lowest BCUT2D eigenvalue weighted by atomic mass is 9.40. The van der Waals surface area contributed by atoms with Crippen LogP contribution in [-0.4, -0.2) is 16.9 Å². The summed E-state index contributed by atoms with van der Waals surface area (Å²) in [4.78, 5) is 24.9. The second-order valence-corrected chi connectivity index (χ2v) is 14.9. The molecule has 0 amide bonds. The lowest BCUT2D eigenvalue weighted by molar-refractivity contribution is -0.166. The summed E-state index contributed by atoms with van der Waals surface area (Å²) in [6, 6.07) is 8.43. The normalized spacial score (nSPS) is 41.4. The van der Waals surface area contributed by atoms with Crippen molar-refractivity contribution in [3.8, 4) is 0 Å². The first-order valence-corrected chi connectivity index (χ1v) is 15.6. The quantitative estimate of drug-likeness (QED) is 0.407. The number of aliphatic carboxylic acids is 1. The number of benzene rings is 1. The zero-order chi connectivity index (χ0) is 27.0. The van der Waals surface area contributed by atoms with Crippen molar-refractivity contribution in [2.75, 3.05) is 0 Å². The summed E-state index contributed by atoms with van der Waals surface area (Å²) in [6.45, 7) is 11.5. The monoisotopic (exact) mass is 516 g/mol. The van der Waals surface area contributed by atoms with Gasteiger partial charge in [0.25, 0.3) is 0 Å². The van der Waals surface area contributed by atoms with Crippen LogP contribution < -0.4 is 0 Å². The van der Waals surface area contributed by atoms with Crippen LogP contribution in [0, 0.1) is 57.7 Å². The Hall–Kier alpha value is -1.90. The standard InChI is InChI=1S/C35H48O3/c1-21(2)31(36)23-10-8-22(9-11-23)27-17-19-34(5)28-14-12-26-24(25(28)13-15-30(34)33(27,3)4)16-20-35(32(37)38)18-6-7-29(26)35/h8-11,17,21,24-26,28-30H,6-7,12-16,18-20H2,1-5H3,(H,37,38)/t24?,25?,26?,28?,29?,30?,34-,35+/m1/s1. The number of fused-ring (bicyclic) bond motifs is 7. The van der Waals surface area contributed by atoms with Gasteiger partial charge in [-0.15, -0.1) is 0 Å². The van der Waals surface area contributed by atoms with E-state index in [2.05, 4.69) is 39.0 Å². The molecule has 0 aliphatic heterocycles. The number of Topliss-reactive ketones (excluding diaryl/α,β-unsaturated/α-hetero) is 1. The van der Waals surface area contributed by atoms with E-state index < -0.39 is 11.4 Å². The molecule has 206 valence electrons. The van der Waals surface area contributed by atoms with E-state index in [0.717, 1.165) is 61.8 Å². The van der Waals surface area contributed by atoms with Gasteiger partial charge in [-0.05, 0) is 115 Å². The molecule has 6 rings (SSSR count). The molecule has 38 heavy (non-hydrogen) atoms. The molecule has 4 fully saturated rings. The summed E-state index contributed by atoms with van der Waals surface area (Å²) in [6.07, 6.45) is 14.1. The van der Waals surface area contributed by atoms with Crippen LogP contribution in [-0.2, 0) is 4.79 Å². The lowest BCUT2D eigenvalue weighted by Crippen LogP contribution is -2.57. The topological polar surface area (TPSA) is 54.4 Å². The molecule has 6 unspecified atom stereocenters. The molecule has 0 saturated heterocycles. The van der Waals surface area contributed by atoms with Gasteiger partial charge in [-0.3, -0.25) is 9.59 Å². The van der Waals surface area contributed by atoms with Crippen LogP contribution >= 0.6 is 0 Å². The summed E-state index contributed by atoms with van der Waals surface area (Å²) in [5.41, 5.74) is 3.56. The minimum absolute atomic E-state index is 0.0237. The van der Waals surface area contributed by atoms with Crippen molar-refractivity contribution in [3.63, 3.8) is 0 Å². The fourth-order valence-corrected chi connectivity index (χ4v) is 11.2. The summed E-state index contributed by atoms with van der Waals surface area (Å²) in [5, 5.41) is 10.2. The highest BCUT2D eigenvalue weighted by molar-refractivity contribution is 5.97. The fraction of sp³-hybridized carbons (Fsp3) is 0.714. The molecule has 5 aliphatic carbocycles. The zero-order valence-corrected chi connectivity index (χ0v) is 24.3. The Kier molecular flexibility index (Phi) is 6.28. The molecule has 0 bridgehead atoms. The first-order valence-electron chi connectivity index (χ1n) is 15.6. The third kappa shape index (κ3) is 3.66. The van der Waals surface area contributed by atoms with Crippen LogP contribution in [0.25, 0.3) is 5.57 Å². The molecule has 4 saturated carbocycles. The average molecular weight is 517 g/mol. The van der Waals surface area contributed by atoms with Gasteiger partial charge in [0.2, 0.25) is 0 Å². The molecule has 1 N–H and O–H groups in total. The molecule has 5 aliphatic rings. The van der Waals surface area contributed by atoms with E-state index in [-0.39, 0.29) is 17.1 Å². The molecule has 3 nitrogen and oxygen atoms in total. The summed E-state index contributed by atoms with van der Waals surface area (Å²) < 4.78 is 0. The molecule has 0 heterocycles. The van der Waals surface area contributed by atoms with Crippen LogP contribution in [0.5, 0.6) is 0 Å². The van der Waals surface area contributed by atoms with Gasteiger partial charge < -0.3 is 5.11 Å². The maximum absolute atomic E-state index is 12.5. The van der Waals surface area contributed by atoms with Crippen molar-refractivity contribution < 1.29 is 14.7 Å². The van der Waals surface area contributed by atoms with Gasteiger partial charge in [-0.2, -0.15) is 0 Å². The van der Waals surface area contributed by atoms with Crippen LogP contribution in [0.1, 0.15) is 115 Å². The number of rotatable bonds is 4. The van der Waals surface area contributed by atoms with E-state index in [1.807, 2.05) is 26.0 Å². The predicted molar refractivity (Wildman–Crippen MR) is 153 cm³/mol. The number of carboxylic acids is 1. The number of ketones is 1. The fourth-order valence-electron chi connectivity index (χ4n) is 11.2. The van der Waals surface area contributed by atoms with E-state index in [4.69, 9.17) is 0 Å². The largest absolute Gasteiger partial charge is 0.481 e. The van der Waals surface area contributed by atoms with E-state index >= 15 is 0 Å². The van der Waals surface area contributed by atoms with Gasteiger partial charge in [0.15, 0.2) is 5.78 Å². The number of carbonyl (C=O) groups excluding carboxylic acids is 1. The third-order valence-corrected chi connectivity index (χ3v) is 12.9. The lowest BCUT2D eigenvalue weighted by Gasteiger charge is -2.64. The summed E-state index contributed by atoms with van der Waals surface area (Å²) in [7, 11) is 0. The molecule has 8 atom stereocenters. The molecule has 1 aromatic carbocycles. The number of hydrogen-bond donors (Lipinski definition) is 1. The first-order chi connectivity index (χ1) is 18.0. The van der Waals surface area contributed by atoms with E-state index in [0.29, 0.717) is 23.2 Å². The highest BCUT2D eigenvalue weighted by Gasteiger charge is 2.63. The number of carbonyl (C=O) groups is 2. The molecule has 0 spiro atoms. The second-order valence-electron chi connectivity index (χ2n) is 14.9. The van der Waals surface area contributed by atoms with E-state index in [9.17, 15) is 14.7 Å². The number of allylic oxidation sites excluding steroid dienone is 2. The molecule has 1 aromatic rings. The van der Waals surface area contributed by atoms with Gasteiger partial charge in [-0.25, -0.2) is 0 Å². The Labute approximate surface area is 229 Å². The maximum Gasteiger partial charge on any atom is 0.309 e. The third-order valence-electron chi connectivity index (χ3n) is 12.9.